The Morgan fingerprint density at radius 1 is 1.33 bits per heavy atom. The Hall–Kier alpha value is -2.14. The summed E-state index contributed by atoms with van der Waals surface area (Å²) in [5.74, 6) is -0.0813. The number of carbonyl (C=O) groups is 1. The summed E-state index contributed by atoms with van der Waals surface area (Å²) >= 11 is 0. The molecular formula is C13H14N2O3. The maximum absolute atomic E-state index is 10.7. The van der Waals surface area contributed by atoms with Gasteiger partial charge in [-0.05, 0) is 24.3 Å². The van der Waals surface area contributed by atoms with Gasteiger partial charge in [0.2, 0.25) is 0 Å². The normalized spacial score (nSPS) is 10.4. The highest BCUT2D eigenvalue weighted by Crippen LogP contribution is 2.01. The fourth-order valence-electron chi connectivity index (χ4n) is 1.58. The van der Waals surface area contributed by atoms with Gasteiger partial charge in [-0.2, -0.15) is 0 Å². The van der Waals surface area contributed by atoms with Gasteiger partial charge in [0.05, 0.1) is 12.0 Å². The van der Waals surface area contributed by atoms with E-state index in [1.807, 2.05) is 12.1 Å². The van der Waals surface area contributed by atoms with Crippen molar-refractivity contribution in [1.29, 1.82) is 0 Å². The Morgan fingerprint density at radius 2 is 2.22 bits per heavy atom. The van der Waals surface area contributed by atoms with Gasteiger partial charge in [-0.25, -0.2) is 9.78 Å². The van der Waals surface area contributed by atoms with E-state index in [0.717, 1.165) is 18.7 Å². The molecule has 5 heteroatoms. The third-order valence-electron chi connectivity index (χ3n) is 2.46. The van der Waals surface area contributed by atoms with Crippen molar-refractivity contribution < 1.29 is 14.3 Å². The van der Waals surface area contributed by atoms with Gasteiger partial charge in [-0.15, -0.1) is 0 Å². The quantitative estimate of drug-likeness (QED) is 0.759. The molecule has 0 fully saturated rings. The topological polar surface area (TPSA) is 75.4 Å². The number of hydrogen-bond acceptors (Lipinski definition) is 4. The van der Waals surface area contributed by atoms with Crippen LogP contribution in [0.5, 0.6) is 0 Å². The third kappa shape index (κ3) is 3.43. The first-order valence-corrected chi connectivity index (χ1v) is 5.68. The molecule has 2 aromatic rings. The summed E-state index contributed by atoms with van der Waals surface area (Å²) in [7, 11) is 0. The van der Waals surface area contributed by atoms with Crippen LogP contribution in [0, 0.1) is 0 Å². The molecule has 0 aromatic carbocycles. The van der Waals surface area contributed by atoms with Crippen molar-refractivity contribution >= 4 is 5.97 Å². The molecule has 0 spiro atoms. The molecule has 2 rings (SSSR count). The van der Waals surface area contributed by atoms with Crippen molar-refractivity contribution in [2.24, 2.45) is 0 Å². The largest absolute Gasteiger partial charge is 0.477 e. The van der Waals surface area contributed by atoms with Crippen molar-refractivity contribution in [2.75, 3.05) is 6.54 Å². The average Bonchev–Trinajstić information content (AvgIpc) is 2.88. The minimum absolute atomic E-state index is 0.0698. The summed E-state index contributed by atoms with van der Waals surface area (Å²) in [6.07, 6.45) is 2.44. The minimum atomic E-state index is -1.01. The lowest BCUT2D eigenvalue weighted by Gasteiger charge is -2.03. The molecule has 0 radical (unpaired) electrons. The SMILES string of the molecule is O=C(O)c1cccc(CNCCc2ccco2)n1. The fourth-order valence-corrected chi connectivity index (χ4v) is 1.58. The predicted octanol–water partition coefficient (Wildman–Crippen LogP) is 1.71. The number of rotatable bonds is 6. The maximum atomic E-state index is 10.7. The summed E-state index contributed by atoms with van der Waals surface area (Å²) in [6, 6.07) is 8.75. The monoisotopic (exact) mass is 246 g/mol. The maximum Gasteiger partial charge on any atom is 0.354 e. The van der Waals surface area contributed by atoms with E-state index in [1.165, 1.54) is 6.07 Å². The molecule has 18 heavy (non-hydrogen) atoms. The highest BCUT2D eigenvalue weighted by atomic mass is 16.4. The summed E-state index contributed by atoms with van der Waals surface area (Å²) in [5, 5.41) is 12.0. The van der Waals surface area contributed by atoms with Gasteiger partial charge in [-0.3, -0.25) is 0 Å². The predicted molar refractivity (Wildman–Crippen MR) is 65.3 cm³/mol. The Bertz CT molecular complexity index is 509. The van der Waals surface area contributed by atoms with E-state index < -0.39 is 5.97 Å². The van der Waals surface area contributed by atoms with Gasteiger partial charge in [0.25, 0.3) is 0 Å². The number of hydrogen-bond donors (Lipinski definition) is 2. The molecule has 0 aliphatic carbocycles. The van der Waals surface area contributed by atoms with Crippen molar-refractivity contribution in [3.63, 3.8) is 0 Å². The van der Waals surface area contributed by atoms with Crippen molar-refractivity contribution in [3.05, 3.63) is 53.7 Å². The lowest BCUT2D eigenvalue weighted by Crippen LogP contribution is -2.18. The lowest BCUT2D eigenvalue weighted by atomic mass is 10.3. The second-order valence-corrected chi connectivity index (χ2v) is 3.83. The molecule has 2 heterocycles. The number of carboxylic acid groups (broad SMARTS) is 1. The van der Waals surface area contributed by atoms with Gasteiger partial charge < -0.3 is 14.8 Å². The van der Waals surface area contributed by atoms with Gasteiger partial charge >= 0.3 is 5.97 Å². The van der Waals surface area contributed by atoms with Gasteiger partial charge in [0.15, 0.2) is 0 Å². The Kier molecular flexibility index (Phi) is 4.09. The van der Waals surface area contributed by atoms with Crippen molar-refractivity contribution in [2.45, 2.75) is 13.0 Å². The third-order valence-corrected chi connectivity index (χ3v) is 2.46. The first-order valence-electron chi connectivity index (χ1n) is 5.68. The summed E-state index contributed by atoms with van der Waals surface area (Å²) in [4.78, 5) is 14.8. The van der Waals surface area contributed by atoms with Crippen LogP contribution in [0.2, 0.25) is 0 Å². The highest BCUT2D eigenvalue weighted by Gasteiger charge is 2.04. The molecule has 0 aliphatic rings. The minimum Gasteiger partial charge on any atom is -0.477 e. The fraction of sp³-hybridized carbons (Fsp3) is 0.231. The van der Waals surface area contributed by atoms with E-state index in [4.69, 9.17) is 9.52 Å². The lowest BCUT2D eigenvalue weighted by molar-refractivity contribution is 0.0690. The summed E-state index contributed by atoms with van der Waals surface area (Å²) in [6.45, 7) is 1.30. The molecule has 0 amide bonds. The zero-order chi connectivity index (χ0) is 12.8. The van der Waals surface area contributed by atoms with E-state index in [9.17, 15) is 4.79 Å². The molecule has 94 valence electrons. The van der Waals surface area contributed by atoms with E-state index in [-0.39, 0.29) is 5.69 Å². The zero-order valence-corrected chi connectivity index (χ0v) is 9.80. The van der Waals surface area contributed by atoms with Crippen LogP contribution in [0.1, 0.15) is 21.9 Å². The molecule has 5 nitrogen and oxygen atoms in total. The smallest absolute Gasteiger partial charge is 0.354 e. The van der Waals surface area contributed by atoms with Crippen LogP contribution in [0.25, 0.3) is 0 Å². The number of aromatic carboxylic acids is 1. The second-order valence-electron chi connectivity index (χ2n) is 3.83. The summed E-state index contributed by atoms with van der Waals surface area (Å²) < 4.78 is 5.20. The number of furan rings is 1. The molecule has 0 saturated carbocycles. The van der Waals surface area contributed by atoms with E-state index in [0.29, 0.717) is 12.2 Å². The van der Waals surface area contributed by atoms with Crippen LogP contribution in [-0.4, -0.2) is 22.6 Å². The molecular weight excluding hydrogens is 232 g/mol. The van der Waals surface area contributed by atoms with Crippen LogP contribution in [0.3, 0.4) is 0 Å². The van der Waals surface area contributed by atoms with Crippen LogP contribution in [0.15, 0.2) is 41.0 Å². The van der Waals surface area contributed by atoms with Gasteiger partial charge in [0, 0.05) is 19.5 Å². The number of pyridine rings is 1. The number of nitrogens with one attached hydrogen (secondary N) is 1. The molecule has 0 unspecified atom stereocenters. The Balaban J connectivity index is 1.79. The molecule has 0 atom stereocenters. The van der Waals surface area contributed by atoms with Crippen LogP contribution >= 0.6 is 0 Å². The van der Waals surface area contributed by atoms with E-state index in [1.54, 1.807) is 18.4 Å². The van der Waals surface area contributed by atoms with Crippen molar-refractivity contribution in [3.8, 4) is 0 Å². The second kappa shape index (κ2) is 5.97. The standard InChI is InChI=1S/C13H14N2O3/c16-13(17)12-5-1-3-10(15-12)9-14-7-6-11-4-2-8-18-11/h1-5,8,14H,6-7,9H2,(H,16,17). The zero-order valence-electron chi connectivity index (χ0n) is 9.80. The molecule has 0 aliphatic heterocycles. The average molecular weight is 246 g/mol. The molecule has 2 N–H and O–H groups in total. The first kappa shape index (κ1) is 12.3. The molecule has 0 bridgehead atoms. The van der Waals surface area contributed by atoms with Crippen molar-refractivity contribution in [1.82, 2.24) is 10.3 Å². The van der Waals surface area contributed by atoms with E-state index >= 15 is 0 Å². The highest BCUT2D eigenvalue weighted by molar-refractivity contribution is 5.85. The van der Waals surface area contributed by atoms with Gasteiger partial charge in [-0.1, -0.05) is 6.07 Å². The Morgan fingerprint density at radius 3 is 2.94 bits per heavy atom. The first-order chi connectivity index (χ1) is 8.75. The molecule has 0 saturated heterocycles. The number of aromatic nitrogens is 1. The van der Waals surface area contributed by atoms with Crippen LogP contribution < -0.4 is 5.32 Å². The van der Waals surface area contributed by atoms with Crippen LogP contribution in [-0.2, 0) is 13.0 Å². The van der Waals surface area contributed by atoms with Gasteiger partial charge in [0.1, 0.15) is 11.5 Å². The summed E-state index contributed by atoms with van der Waals surface area (Å²) in [5.41, 5.74) is 0.787. The number of carboxylic acids is 1. The van der Waals surface area contributed by atoms with Crippen LogP contribution in [0.4, 0.5) is 0 Å². The number of nitrogens with zero attached hydrogens (tertiary/aromatic N) is 1. The Labute approximate surface area is 104 Å². The van der Waals surface area contributed by atoms with E-state index in [2.05, 4.69) is 10.3 Å². The molecule has 2 aromatic heterocycles.